The third-order valence-corrected chi connectivity index (χ3v) is 5.85. The number of fused-ring (bicyclic) bond motifs is 2. The van der Waals surface area contributed by atoms with Crippen LogP contribution in [0.1, 0.15) is 42.7 Å². The van der Waals surface area contributed by atoms with Crippen molar-refractivity contribution >= 4 is 0 Å². The van der Waals surface area contributed by atoms with Crippen molar-refractivity contribution in [2.75, 3.05) is 27.3 Å². The third-order valence-electron chi connectivity index (χ3n) is 5.85. The van der Waals surface area contributed by atoms with Gasteiger partial charge in [-0.15, -0.1) is 0 Å². The molecule has 0 radical (unpaired) electrons. The smallest absolute Gasteiger partial charge is 0.122 e. The van der Waals surface area contributed by atoms with Crippen LogP contribution in [-0.2, 0) is 6.42 Å². The Morgan fingerprint density at radius 3 is 2.48 bits per heavy atom. The first-order valence-corrected chi connectivity index (χ1v) is 8.31. The number of rotatable bonds is 2. The highest BCUT2D eigenvalue weighted by molar-refractivity contribution is 5.53. The first-order chi connectivity index (χ1) is 10.3. The van der Waals surface area contributed by atoms with E-state index in [0.717, 1.165) is 29.9 Å². The summed E-state index contributed by atoms with van der Waals surface area (Å²) in [5, 5.41) is 0. The van der Waals surface area contributed by atoms with E-state index >= 15 is 0 Å². The van der Waals surface area contributed by atoms with E-state index in [0.29, 0.717) is 5.92 Å². The Balaban J connectivity index is 1.86. The lowest BCUT2D eigenvalue weighted by molar-refractivity contribution is 0.0336. The van der Waals surface area contributed by atoms with Crippen LogP contribution in [0.2, 0.25) is 0 Å². The van der Waals surface area contributed by atoms with Gasteiger partial charge in [0.05, 0.1) is 14.2 Å². The van der Waals surface area contributed by atoms with Crippen LogP contribution in [0.15, 0.2) is 12.1 Å². The van der Waals surface area contributed by atoms with Crippen LogP contribution in [0, 0.1) is 5.92 Å². The molecule has 0 aromatic heterocycles. The van der Waals surface area contributed by atoms with E-state index in [2.05, 4.69) is 17.0 Å². The number of benzene rings is 1. The van der Waals surface area contributed by atoms with E-state index in [1.807, 2.05) is 0 Å². The highest BCUT2D eigenvalue weighted by Crippen LogP contribution is 2.51. The SMILES string of the molecule is COc1ccc(OC)c2c1CC1CCCN3CCCC2C13. The van der Waals surface area contributed by atoms with Gasteiger partial charge in [-0.25, -0.2) is 0 Å². The Hall–Kier alpha value is -1.22. The van der Waals surface area contributed by atoms with Gasteiger partial charge in [-0.3, -0.25) is 4.90 Å². The second-order valence-corrected chi connectivity index (χ2v) is 6.74. The van der Waals surface area contributed by atoms with Gasteiger partial charge in [-0.2, -0.15) is 0 Å². The number of ether oxygens (including phenoxy) is 2. The molecule has 0 bridgehead atoms. The molecule has 2 saturated heterocycles. The van der Waals surface area contributed by atoms with Crippen molar-refractivity contribution in [1.29, 1.82) is 0 Å². The molecule has 3 nitrogen and oxygen atoms in total. The van der Waals surface area contributed by atoms with Crippen LogP contribution in [0.4, 0.5) is 0 Å². The van der Waals surface area contributed by atoms with Crippen LogP contribution < -0.4 is 9.47 Å². The van der Waals surface area contributed by atoms with Crippen LogP contribution in [-0.4, -0.2) is 38.3 Å². The summed E-state index contributed by atoms with van der Waals surface area (Å²) in [5.74, 6) is 3.57. The predicted molar refractivity (Wildman–Crippen MR) is 83.3 cm³/mol. The first-order valence-electron chi connectivity index (χ1n) is 8.31. The molecule has 0 N–H and O–H groups in total. The lowest BCUT2D eigenvalue weighted by atomic mass is 9.66. The molecule has 1 aromatic carbocycles. The topological polar surface area (TPSA) is 21.7 Å². The summed E-state index contributed by atoms with van der Waals surface area (Å²) in [6.07, 6.45) is 6.50. The number of hydrogen-bond donors (Lipinski definition) is 0. The molecule has 0 spiro atoms. The zero-order valence-electron chi connectivity index (χ0n) is 13.1. The highest BCUT2D eigenvalue weighted by atomic mass is 16.5. The van der Waals surface area contributed by atoms with Gasteiger partial charge in [-0.1, -0.05) is 0 Å². The molecule has 2 aliphatic heterocycles. The van der Waals surface area contributed by atoms with E-state index in [-0.39, 0.29) is 0 Å². The van der Waals surface area contributed by atoms with Gasteiger partial charge in [0.1, 0.15) is 11.5 Å². The molecule has 114 valence electrons. The van der Waals surface area contributed by atoms with Gasteiger partial charge in [0, 0.05) is 23.1 Å². The molecule has 0 saturated carbocycles. The maximum absolute atomic E-state index is 5.71. The quantitative estimate of drug-likeness (QED) is 0.833. The van der Waals surface area contributed by atoms with Gasteiger partial charge < -0.3 is 9.47 Å². The average molecular weight is 287 g/mol. The largest absolute Gasteiger partial charge is 0.496 e. The zero-order valence-corrected chi connectivity index (χ0v) is 13.1. The van der Waals surface area contributed by atoms with Crippen molar-refractivity contribution in [2.24, 2.45) is 5.92 Å². The van der Waals surface area contributed by atoms with Crippen LogP contribution in [0.5, 0.6) is 11.5 Å². The second-order valence-electron chi connectivity index (χ2n) is 6.74. The van der Waals surface area contributed by atoms with Crippen molar-refractivity contribution in [1.82, 2.24) is 4.90 Å². The molecule has 3 unspecified atom stereocenters. The minimum absolute atomic E-state index is 0.637. The molecule has 3 aliphatic rings. The minimum atomic E-state index is 0.637. The maximum atomic E-state index is 5.71. The third kappa shape index (κ3) is 1.97. The lowest BCUT2D eigenvalue weighted by Gasteiger charge is -2.52. The summed E-state index contributed by atoms with van der Waals surface area (Å²) in [6, 6.07) is 4.92. The van der Waals surface area contributed by atoms with Crippen molar-refractivity contribution in [2.45, 2.75) is 44.1 Å². The molecule has 21 heavy (non-hydrogen) atoms. The molecule has 0 amide bonds. The van der Waals surface area contributed by atoms with E-state index in [1.165, 1.54) is 49.9 Å². The number of methoxy groups -OCH3 is 2. The molecule has 1 aliphatic carbocycles. The van der Waals surface area contributed by atoms with E-state index in [4.69, 9.17) is 9.47 Å². The molecule has 3 atom stereocenters. The van der Waals surface area contributed by atoms with Crippen molar-refractivity contribution in [3.63, 3.8) is 0 Å². The van der Waals surface area contributed by atoms with Gasteiger partial charge in [-0.05, 0) is 63.2 Å². The normalized spacial score (nSPS) is 31.2. The summed E-state index contributed by atoms with van der Waals surface area (Å²) in [5.41, 5.74) is 2.87. The second kappa shape index (κ2) is 5.20. The molecule has 3 heteroatoms. The Kier molecular flexibility index (Phi) is 3.33. The summed E-state index contributed by atoms with van der Waals surface area (Å²) < 4.78 is 11.4. The van der Waals surface area contributed by atoms with Gasteiger partial charge >= 0.3 is 0 Å². The highest BCUT2D eigenvalue weighted by Gasteiger charge is 2.45. The summed E-state index contributed by atoms with van der Waals surface area (Å²) in [4.78, 5) is 2.75. The number of hydrogen-bond acceptors (Lipinski definition) is 3. The average Bonchev–Trinajstić information content (AvgIpc) is 2.54. The molecule has 1 aromatic rings. The summed E-state index contributed by atoms with van der Waals surface area (Å²) in [7, 11) is 3.60. The Morgan fingerprint density at radius 2 is 1.71 bits per heavy atom. The number of piperidine rings is 2. The van der Waals surface area contributed by atoms with Gasteiger partial charge in [0.2, 0.25) is 0 Å². The minimum Gasteiger partial charge on any atom is -0.496 e. The first kappa shape index (κ1) is 13.4. The van der Waals surface area contributed by atoms with E-state index < -0.39 is 0 Å². The van der Waals surface area contributed by atoms with Gasteiger partial charge in [0.15, 0.2) is 0 Å². The van der Waals surface area contributed by atoms with E-state index in [1.54, 1.807) is 14.2 Å². The molecule has 2 fully saturated rings. The number of nitrogens with zero attached hydrogens (tertiary/aromatic N) is 1. The fourth-order valence-electron chi connectivity index (χ4n) is 5.11. The summed E-state index contributed by atoms with van der Waals surface area (Å²) in [6.45, 7) is 2.58. The lowest BCUT2D eigenvalue weighted by Crippen LogP contribution is -2.54. The Labute approximate surface area is 127 Å². The standard InChI is InChI=1S/C18H25NO2/c1-20-15-7-8-16(21-2)17-13-6-4-10-19-9-3-5-12(18(13)19)11-14(15)17/h7-8,12-13,18H,3-6,9-11H2,1-2H3. The zero-order chi connectivity index (χ0) is 14.4. The van der Waals surface area contributed by atoms with Crippen LogP contribution in [0.3, 0.4) is 0 Å². The van der Waals surface area contributed by atoms with Gasteiger partial charge in [0.25, 0.3) is 0 Å². The van der Waals surface area contributed by atoms with Crippen molar-refractivity contribution in [3.8, 4) is 11.5 Å². The van der Waals surface area contributed by atoms with Crippen LogP contribution in [0.25, 0.3) is 0 Å². The van der Waals surface area contributed by atoms with E-state index in [9.17, 15) is 0 Å². The Bertz CT molecular complexity index is 540. The predicted octanol–water partition coefficient (Wildman–Crippen LogP) is 3.22. The fraction of sp³-hybridized carbons (Fsp3) is 0.667. The van der Waals surface area contributed by atoms with Crippen molar-refractivity contribution in [3.05, 3.63) is 23.3 Å². The monoisotopic (exact) mass is 287 g/mol. The van der Waals surface area contributed by atoms with Crippen molar-refractivity contribution < 1.29 is 9.47 Å². The van der Waals surface area contributed by atoms with Crippen LogP contribution >= 0.6 is 0 Å². The Morgan fingerprint density at radius 1 is 1.00 bits per heavy atom. The fourth-order valence-corrected chi connectivity index (χ4v) is 5.11. The maximum Gasteiger partial charge on any atom is 0.122 e. The molecule has 4 rings (SSSR count). The summed E-state index contributed by atoms with van der Waals surface area (Å²) >= 11 is 0. The molecular weight excluding hydrogens is 262 g/mol. The molecular formula is C18H25NO2. The molecule has 2 heterocycles.